The maximum absolute atomic E-state index is 9.26. The average Bonchev–Trinajstić information content (AvgIpc) is 2.60. The van der Waals surface area contributed by atoms with E-state index >= 15 is 0 Å². The second-order valence-corrected chi connectivity index (χ2v) is 8.27. The molecule has 1 aromatic rings. The van der Waals surface area contributed by atoms with Crippen LogP contribution in [-0.4, -0.2) is 11.3 Å². The predicted molar refractivity (Wildman–Crippen MR) is 110 cm³/mol. The fourth-order valence-electron chi connectivity index (χ4n) is 3.07. The Kier molecular flexibility index (Phi) is 14.3. The van der Waals surface area contributed by atoms with Crippen LogP contribution in [0.3, 0.4) is 0 Å². The van der Waals surface area contributed by atoms with Crippen LogP contribution < -0.4 is 5.30 Å². The van der Waals surface area contributed by atoms with Gasteiger partial charge in [-0.1, -0.05) is 103 Å². The Morgan fingerprint density at radius 1 is 0.625 bits per heavy atom. The van der Waals surface area contributed by atoms with Gasteiger partial charge in [0.15, 0.2) is 0 Å². The molecule has 0 heterocycles. The number of hydrogen-bond donors (Lipinski definition) is 1. The fourth-order valence-corrected chi connectivity index (χ4v) is 4.07. The van der Waals surface area contributed by atoms with Gasteiger partial charge < -0.3 is 5.11 Å². The second-order valence-electron chi connectivity index (χ2n) is 6.99. The summed E-state index contributed by atoms with van der Waals surface area (Å²) in [5.74, 6) is 0.366. The third kappa shape index (κ3) is 12.8. The highest BCUT2D eigenvalue weighted by atomic mass is 31.1. The van der Waals surface area contributed by atoms with Crippen LogP contribution in [0.1, 0.15) is 96.8 Å². The minimum absolute atomic E-state index is 0.366. The molecule has 1 nitrogen and oxygen atoms in total. The van der Waals surface area contributed by atoms with Crippen LogP contribution in [0.25, 0.3) is 0 Å². The van der Waals surface area contributed by atoms with Crippen molar-refractivity contribution in [3.63, 3.8) is 0 Å². The number of phenols is 1. The largest absolute Gasteiger partial charge is 0.508 e. The highest BCUT2D eigenvalue weighted by molar-refractivity contribution is 7.47. The molecule has 1 rings (SSSR count). The Balaban J connectivity index is 1.75. The van der Waals surface area contributed by atoms with Gasteiger partial charge in [0, 0.05) is 0 Å². The first kappa shape index (κ1) is 21.5. The lowest BCUT2D eigenvalue weighted by Crippen LogP contribution is -1.93. The lowest BCUT2D eigenvalue weighted by atomic mass is 10.0. The van der Waals surface area contributed by atoms with Crippen LogP contribution in [0.5, 0.6) is 5.75 Å². The Hall–Kier alpha value is -0.550. The Labute approximate surface area is 152 Å². The number of rotatable bonds is 16. The Morgan fingerprint density at radius 2 is 1.04 bits per heavy atom. The summed E-state index contributed by atoms with van der Waals surface area (Å²) < 4.78 is 0. The molecule has 1 aromatic carbocycles. The number of unbranched alkanes of at least 4 members (excludes halogenated alkanes) is 13. The zero-order valence-electron chi connectivity index (χ0n) is 15.8. The number of aromatic hydroxyl groups is 1. The SMILES string of the molecule is CCCCCCCCCCCCCCCC[P]c1ccc(O)cc1. The minimum Gasteiger partial charge on any atom is -0.508 e. The summed E-state index contributed by atoms with van der Waals surface area (Å²) in [6, 6.07) is 7.63. The molecular weight excluding hydrogens is 311 g/mol. The first-order chi connectivity index (χ1) is 11.8. The molecule has 0 aliphatic rings. The zero-order chi connectivity index (χ0) is 17.3. The van der Waals surface area contributed by atoms with Crippen molar-refractivity contribution >= 4 is 13.9 Å². The van der Waals surface area contributed by atoms with Crippen molar-refractivity contribution in [2.45, 2.75) is 96.8 Å². The van der Waals surface area contributed by atoms with Gasteiger partial charge in [0.25, 0.3) is 0 Å². The van der Waals surface area contributed by atoms with E-state index in [1.807, 2.05) is 12.1 Å². The highest BCUT2D eigenvalue weighted by Gasteiger charge is 1.96. The smallest absolute Gasteiger partial charge is 0.115 e. The van der Waals surface area contributed by atoms with Gasteiger partial charge in [-0.25, -0.2) is 0 Å². The number of benzene rings is 1. The van der Waals surface area contributed by atoms with E-state index < -0.39 is 0 Å². The van der Waals surface area contributed by atoms with E-state index in [1.165, 1.54) is 110 Å². The fraction of sp³-hybridized carbons (Fsp3) is 0.727. The lowest BCUT2D eigenvalue weighted by Gasteiger charge is -2.04. The third-order valence-corrected chi connectivity index (χ3v) is 5.86. The predicted octanol–water partition coefficient (Wildman–Crippen LogP) is 7.45. The van der Waals surface area contributed by atoms with Crippen LogP contribution in [-0.2, 0) is 0 Å². The summed E-state index contributed by atoms with van der Waals surface area (Å²) in [6.45, 7) is 2.29. The molecule has 24 heavy (non-hydrogen) atoms. The van der Waals surface area contributed by atoms with Gasteiger partial charge >= 0.3 is 0 Å². The molecule has 2 heteroatoms. The second kappa shape index (κ2) is 15.9. The van der Waals surface area contributed by atoms with Crippen LogP contribution in [0, 0.1) is 0 Å². The van der Waals surface area contributed by atoms with Crippen molar-refractivity contribution in [2.75, 3.05) is 6.16 Å². The van der Waals surface area contributed by atoms with Crippen molar-refractivity contribution in [1.29, 1.82) is 0 Å². The van der Waals surface area contributed by atoms with Crippen molar-refractivity contribution in [1.82, 2.24) is 0 Å². The van der Waals surface area contributed by atoms with E-state index in [0.717, 1.165) is 0 Å². The molecule has 0 spiro atoms. The molecule has 0 aliphatic heterocycles. The normalized spacial score (nSPS) is 11.5. The number of phenolic OH excluding ortho intramolecular Hbond substituents is 1. The van der Waals surface area contributed by atoms with Crippen molar-refractivity contribution in [2.24, 2.45) is 0 Å². The van der Waals surface area contributed by atoms with E-state index in [-0.39, 0.29) is 0 Å². The van der Waals surface area contributed by atoms with Gasteiger partial charge in [-0.3, -0.25) is 0 Å². The van der Waals surface area contributed by atoms with Gasteiger partial charge in [-0.15, -0.1) is 0 Å². The molecule has 0 atom stereocenters. The lowest BCUT2D eigenvalue weighted by molar-refractivity contribution is 0.475. The maximum atomic E-state index is 9.26. The number of hydrogen-bond acceptors (Lipinski definition) is 1. The molecule has 0 amide bonds. The topological polar surface area (TPSA) is 20.2 Å². The Morgan fingerprint density at radius 3 is 1.50 bits per heavy atom. The van der Waals surface area contributed by atoms with Crippen LogP contribution in [0.15, 0.2) is 24.3 Å². The standard InChI is InChI=1S/C22H38OP/c1-2-3-4-5-6-7-8-9-10-11-12-13-14-15-20-24-22-18-16-21(23)17-19-22/h16-19,23H,2-15,20H2,1H3. The zero-order valence-corrected chi connectivity index (χ0v) is 16.7. The molecule has 1 N–H and O–H groups in total. The molecule has 0 aromatic heterocycles. The van der Waals surface area contributed by atoms with E-state index in [2.05, 4.69) is 6.92 Å². The summed E-state index contributed by atoms with van der Waals surface area (Å²) in [5.41, 5.74) is 0. The average molecular weight is 350 g/mol. The summed E-state index contributed by atoms with van der Waals surface area (Å²) in [7, 11) is 1.40. The highest BCUT2D eigenvalue weighted by Crippen LogP contribution is 2.17. The minimum atomic E-state index is 0.366. The van der Waals surface area contributed by atoms with Crippen molar-refractivity contribution in [3.05, 3.63) is 24.3 Å². The van der Waals surface area contributed by atoms with E-state index in [1.54, 1.807) is 12.1 Å². The maximum Gasteiger partial charge on any atom is 0.115 e. The van der Waals surface area contributed by atoms with Gasteiger partial charge in [0.05, 0.1) is 0 Å². The molecule has 0 unspecified atom stereocenters. The van der Waals surface area contributed by atoms with Crippen LogP contribution in [0.2, 0.25) is 0 Å². The molecule has 1 radical (unpaired) electrons. The first-order valence-corrected chi connectivity index (χ1v) is 11.4. The summed E-state index contributed by atoms with van der Waals surface area (Å²) in [4.78, 5) is 0. The summed E-state index contributed by atoms with van der Waals surface area (Å²) in [5, 5.41) is 10.6. The van der Waals surface area contributed by atoms with Gasteiger partial charge in [0.2, 0.25) is 0 Å². The molecule has 0 fully saturated rings. The molecule has 0 aliphatic carbocycles. The molecule has 137 valence electrons. The van der Waals surface area contributed by atoms with E-state index in [9.17, 15) is 5.11 Å². The summed E-state index contributed by atoms with van der Waals surface area (Å²) >= 11 is 0. The van der Waals surface area contributed by atoms with Gasteiger partial charge in [-0.2, -0.15) is 0 Å². The third-order valence-electron chi connectivity index (χ3n) is 4.66. The van der Waals surface area contributed by atoms with E-state index in [0.29, 0.717) is 5.75 Å². The van der Waals surface area contributed by atoms with Crippen molar-refractivity contribution in [3.8, 4) is 5.75 Å². The van der Waals surface area contributed by atoms with Gasteiger partial charge in [0.1, 0.15) is 5.75 Å². The van der Waals surface area contributed by atoms with Gasteiger partial charge in [-0.05, 0) is 38.6 Å². The van der Waals surface area contributed by atoms with Crippen molar-refractivity contribution < 1.29 is 5.11 Å². The first-order valence-electron chi connectivity index (χ1n) is 10.3. The summed E-state index contributed by atoms with van der Waals surface area (Å²) in [6.07, 6.45) is 21.2. The molecule has 0 bridgehead atoms. The van der Waals surface area contributed by atoms with Crippen LogP contribution in [0.4, 0.5) is 0 Å². The van der Waals surface area contributed by atoms with E-state index in [4.69, 9.17) is 0 Å². The quantitative estimate of drug-likeness (QED) is 0.243. The molecule has 0 saturated heterocycles. The molecule has 0 saturated carbocycles. The Bertz CT molecular complexity index is 374. The monoisotopic (exact) mass is 349 g/mol. The molecular formula is C22H38OP. The van der Waals surface area contributed by atoms with Crippen LogP contribution >= 0.6 is 8.58 Å².